The first-order valence-electron chi connectivity index (χ1n) is 6.55. The van der Waals surface area contributed by atoms with Crippen molar-refractivity contribution in [3.05, 3.63) is 24.3 Å². The summed E-state index contributed by atoms with van der Waals surface area (Å²) >= 11 is 0. The molecule has 0 saturated heterocycles. The standard InChI is InChI=1S/C14H21N3O3/c1-3-15-8-7-13(18)16-11-5-4-6-12(9-11)17-14(19)10-20-2/h4-6,9,15H,3,7-8,10H2,1-2H3,(H,16,18)(H,17,19). The minimum atomic E-state index is -0.233. The number of methoxy groups -OCH3 is 1. The molecule has 20 heavy (non-hydrogen) atoms. The summed E-state index contributed by atoms with van der Waals surface area (Å²) in [7, 11) is 1.46. The molecule has 0 spiro atoms. The zero-order valence-electron chi connectivity index (χ0n) is 11.9. The summed E-state index contributed by atoms with van der Waals surface area (Å²) < 4.78 is 4.74. The molecule has 0 fully saturated rings. The van der Waals surface area contributed by atoms with Crippen molar-refractivity contribution in [3.63, 3.8) is 0 Å². The smallest absolute Gasteiger partial charge is 0.250 e. The molecule has 0 bridgehead atoms. The third-order valence-corrected chi connectivity index (χ3v) is 2.48. The first-order valence-corrected chi connectivity index (χ1v) is 6.55. The lowest BCUT2D eigenvalue weighted by Gasteiger charge is -2.08. The maximum Gasteiger partial charge on any atom is 0.250 e. The summed E-state index contributed by atoms with van der Waals surface area (Å²) in [4.78, 5) is 23.1. The lowest BCUT2D eigenvalue weighted by atomic mass is 10.2. The van der Waals surface area contributed by atoms with E-state index in [1.165, 1.54) is 7.11 Å². The third kappa shape index (κ3) is 6.31. The van der Waals surface area contributed by atoms with Gasteiger partial charge in [-0.1, -0.05) is 13.0 Å². The van der Waals surface area contributed by atoms with Crippen molar-refractivity contribution in [2.75, 3.05) is 37.4 Å². The molecule has 1 rings (SSSR count). The van der Waals surface area contributed by atoms with Crippen LogP contribution in [0, 0.1) is 0 Å². The van der Waals surface area contributed by atoms with E-state index in [1.807, 2.05) is 6.92 Å². The van der Waals surface area contributed by atoms with E-state index >= 15 is 0 Å². The zero-order valence-corrected chi connectivity index (χ0v) is 11.9. The van der Waals surface area contributed by atoms with Gasteiger partial charge in [0.25, 0.3) is 0 Å². The molecule has 1 aromatic rings. The van der Waals surface area contributed by atoms with Crippen LogP contribution in [0.5, 0.6) is 0 Å². The van der Waals surface area contributed by atoms with E-state index in [0.717, 1.165) is 6.54 Å². The Hall–Kier alpha value is -1.92. The molecule has 2 amide bonds. The summed E-state index contributed by atoms with van der Waals surface area (Å²) in [5.41, 5.74) is 1.28. The quantitative estimate of drug-likeness (QED) is 0.625. The molecule has 0 aliphatic heterocycles. The number of benzene rings is 1. The molecule has 0 heterocycles. The molecule has 3 N–H and O–H groups in total. The van der Waals surface area contributed by atoms with Crippen molar-refractivity contribution < 1.29 is 14.3 Å². The van der Waals surface area contributed by atoms with E-state index in [2.05, 4.69) is 16.0 Å². The van der Waals surface area contributed by atoms with Crippen molar-refractivity contribution >= 4 is 23.2 Å². The van der Waals surface area contributed by atoms with Crippen molar-refractivity contribution in [3.8, 4) is 0 Å². The Bertz CT molecular complexity index is 449. The second-order valence-electron chi connectivity index (χ2n) is 4.21. The Labute approximate surface area is 118 Å². The van der Waals surface area contributed by atoms with Crippen LogP contribution < -0.4 is 16.0 Å². The van der Waals surface area contributed by atoms with Crippen LogP contribution in [0.25, 0.3) is 0 Å². The molecule has 0 aromatic heterocycles. The molecule has 110 valence electrons. The number of rotatable bonds is 8. The molecule has 0 aliphatic rings. The predicted molar refractivity (Wildman–Crippen MR) is 78.7 cm³/mol. The van der Waals surface area contributed by atoms with Crippen molar-refractivity contribution in [2.45, 2.75) is 13.3 Å². The largest absolute Gasteiger partial charge is 0.375 e. The van der Waals surface area contributed by atoms with Crippen LogP contribution in [-0.4, -0.2) is 38.6 Å². The third-order valence-electron chi connectivity index (χ3n) is 2.48. The fourth-order valence-electron chi connectivity index (χ4n) is 1.61. The van der Waals surface area contributed by atoms with Gasteiger partial charge in [-0.2, -0.15) is 0 Å². The molecule has 0 saturated carbocycles. The number of anilines is 2. The molecule has 0 radical (unpaired) electrons. The van der Waals surface area contributed by atoms with Gasteiger partial charge in [0.15, 0.2) is 0 Å². The first kappa shape index (κ1) is 16.1. The average Bonchev–Trinajstić information content (AvgIpc) is 2.39. The van der Waals surface area contributed by atoms with Crippen LogP contribution in [-0.2, 0) is 14.3 Å². The van der Waals surface area contributed by atoms with Gasteiger partial charge < -0.3 is 20.7 Å². The highest BCUT2D eigenvalue weighted by Gasteiger charge is 2.04. The molecule has 0 atom stereocenters. The summed E-state index contributed by atoms with van der Waals surface area (Å²) in [6.07, 6.45) is 0.411. The van der Waals surface area contributed by atoms with Crippen molar-refractivity contribution in [1.82, 2.24) is 5.32 Å². The molecular weight excluding hydrogens is 258 g/mol. The van der Waals surface area contributed by atoms with Gasteiger partial charge in [-0.15, -0.1) is 0 Å². The van der Waals surface area contributed by atoms with Crippen LogP contribution in [0.4, 0.5) is 11.4 Å². The number of hydrogen-bond acceptors (Lipinski definition) is 4. The highest BCUT2D eigenvalue weighted by Crippen LogP contribution is 2.15. The van der Waals surface area contributed by atoms with E-state index < -0.39 is 0 Å². The Kier molecular flexibility index (Phi) is 7.31. The lowest BCUT2D eigenvalue weighted by Crippen LogP contribution is -2.21. The number of carbonyl (C=O) groups is 2. The predicted octanol–water partition coefficient (Wildman–Crippen LogP) is 1.21. The molecule has 0 aliphatic carbocycles. The minimum absolute atomic E-state index is 0.000720. The van der Waals surface area contributed by atoms with E-state index in [0.29, 0.717) is 24.3 Å². The summed E-state index contributed by atoms with van der Waals surface area (Å²) in [5.74, 6) is -0.297. The Morgan fingerprint density at radius 2 is 1.80 bits per heavy atom. The maximum absolute atomic E-state index is 11.7. The van der Waals surface area contributed by atoms with Crippen LogP contribution >= 0.6 is 0 Å². The average molecular weight is 279 g/mol. The van der Waals surface area contributed by atoms with Gasteiger partial charge in [-0.3, -0.25) is 9.59 Å². The van der Waals surface area contributed by atoms with E-state index in [-0.39, 0.29) is 18.4 Å². The summed E-state index contributed by atoms with van der Waals surface area (Å²) in [6.45, 7) is 3.48. The van der Waals surface area contributed by atoms with Gasteiger partial charge in [0.2, 0.25) is 11.8 Å². The molecule has 6 nitrogen and oxygen atoms in total. The van der Waals surface area contributed by atoms with Gasteiger partial charge >= 0.3 is 0 Å². The molecule has 0 unspecified atom stereocenters. The van der Waals surface area contributed by atoms with Gasteiger partial charge in [0.05, 0.1) is 0 Å². The Morgan fingerprint density at radius 3 is 2.40 bits per heavy atom. The van der Waals surface area contributed by atoms with Crippen LogP contribution in [0.3, 0.4) is 0 Å². The normalized spacial score (nSPS) is 10.1. The Balaban J connectivity index is 2.50. The lowest BCUT2D eigenvalue weighted by molar-refractivity contribution is -0.119. The van der Waals surface area contributed by atoms with Gasteiger partial charge in [0, 0.05) is 31.5 Å². The SMILES string of the molecule is CCNCCC(=O)Nc1cccc(NC(=O)COC)c1. The van der Waals surface area contributed by atoms with Crippen molar-refractivity contribution in [1.29, 1.82) is 0 Å². The van der Waals surface area contributed by atoms with E-state index in [9.17, 15) is 9.59 Å². The summed E-state index contributed by atoms with van der Waals surface area (Å²) in [6, 6.07) is 7.00. The van der Waals surface area contributed by atoms with Crippen LogP contribution in [0.1, 0.15) is 13.3 Å². The van der Waals surface area contributed by atoms with Crippen LogP contribution in [0.2, 0.25) is 0 Å². The van der Waals surface area contributed by atoms with Crippen molar-refractivity contribution in [2.24, 2.45) is 0 Å². The summed E-state index contributed by atoms with van der Waals surface area (Å²) in [5, 5.41) is 8.55. The van der Waals surface area contributed by atoms with Crippen LogP contribution in [0.15, 0.2) is 24.3 Å². The first-order chi connectivity index (χ1) is 9.65. The fraction of sp³-hybridized carbons (Fsp3) is 0.429. The Morgan fingerprint density at radius 1 is 1.15 bits per heavy atom. The number of amides is 2. The van der Waals surface area contributed by atoms with Gasteiger partial charge in [0.1, 0.15) is 6.61 Å². The second kappa shape index (κ2) is 9.06. The van der Waals surface area contributed by atoms with E-state index in [4.69, 9.17) is 4.74 Å². The molecule has 6 heteroatoms. The number of hydrogen-bond donors (Lipinski definition) is 3. The minimum Gasteiger partial charge on any atom is -0.375 e. The fourth-order valence-corrected chi connectivity index (χ4v) is 1.61. The highest BCUT2D eigenvalue weighted by atomic mass is 16.5. The topological polar surface area (TPSA) is 79.5 Å². The van der Waals surface area contributed by atoms with Gasteiger partial charge in [-0.25, -0.2) is 0 Å². The number of ether oxygens (including phenoxy) is 1. The second-order valence-corrected chi connectivity index (χ2v) is 4.21. The maximum atomic E-state index is 11.7. The monoisotopic (exact) mass is 279 g/mol. The number of nitrogens with one attached hydrogen (secondary N) is 3. The van der Waals surface area contributed by atoms with Gasteiger partial charge in [-0.05, 0) is 24.7 Å². The van der Waals surface area contributed by atoms with E-state index in [1.54, 1.807) is 24.3 Å². The highest BCUT2D eigenvalue weighted by molar-refractivity contribution is 5.94. The molecular formula is C14H21N3O3. The zero-order chi connectivity index (χ0) is 14.8. The molecule has 1 aromatic carbocycles. The number of carbonyl (C=O) groups excluding carboxylic acids is 2.